The van der Waals surface area contributed by atoms with Crippen molar-refractivity contribution in [1.29, 1.82) is 0 Å². The zero-order valence-corrected chi connectivity index (χ0v) is 15.1. The highest BCUT2D eigenvalue weighted by Gasteiger charge is 2.19. The molecular formula is C19H22ClNO5. The lowest BCUT2D eigenvalue weighted by Crippen LogP contribution is -2.39. The molecule has 0 saturated heterocycles. The van der Waals surface area contributed by atoms with Crippen LogP contribution in [0.3, 0.4) is 0 Å². The van der Waals surface area contributed by atoms with Gasteiger partial charge in [0.05, 0.1) is 6.61 Å². The van der Waals surface area contributed by atoms with Gasteiger partial charge in [0.1, 0.15) is 18.5 Å². The third-order valence-corrected chi connectivity index (χ3v) is 4.05. The van der Waals surface area contributed by atoms with Crippen molar-refractivity contribution < 1.29 is 23.7 Å². The van der Waals surface area contributed by atoms with Gasteiger partial charge in [0.25, 0.3) is 0 Å². The largest absolute Gasteiger partial charge is 0.493 e. The van der Waals surface area contributed by atoms with Gasteiger partial charge in [-0.15, -0.1) is 12.4 Å². The maximum Gasteiger partial charge on any atom is 0.231 e. The zero-order chi connectivity index (χ0) is 16.9. The summed E-state index contributed by atoms with van der Waals surface area (Å²) in [7, 11) is 0. The summed E-state index contributed by atoms with van der Waals surface area (Å²) < 4.78 is 28.0. The summed E-state index contributed by atoms with van der Waals surface area (Å²) >= 11 is 0. The average molecular weight is 380 g/mol. The highest BCUT2D eigenvalue weighted by molar-refractivity contribution is 5.85. The Bertz CT molecular complexity index is 727. The average Bonchev–Trinajstić information content (AvgIpc) is 3.12. The highest BCUT2D eigenvalue weighted by Crippen LogP contribution is 2.35. The van der Waals surface area contributed by atoms with Crippen LogP contribution in [0, 0.1) is 0 Å². The molecule has 1 N–H and O–H groups in total. The molecule has 0 fully saturated rings. The SMILES string of the molecule is Cl.c1ccc2c(c1)OC[C@H](CNCCCOc1ccc3c(c1)OCO3)O2. The fourth-order valence-electron chi connectivity index (χ4n) is 2.78. The lowest BCUT2D eigenvalue weighted by Gasteiger charge is -2.26. The summed E-state index contributed by atoms with van der Waals surface area (Å²) in [6.45, 7) is 3.08. The van der Waals surface area contributed by atoms with E-state index in [1.54, 1.807) is 0 Å². The summed E-state index contributed by atoms with van der Waals surface area (Å²) in [4.78, 5) is 0. The lowest BCUT2D eigenvalue weighted by molar-refractivity contribution is 0.0902. The summed E-state index contributed by atoms with van der Waals surface area (Å²) in [6, 6.07) is 13.4. The Balaban J connectivity index is 0.00000196. The Labute approximate surface area is 158 Å². The van der Waals surface area contributed by atoms with Crippen LogP contribution in [0.2, 0.25) is 0 Å². The highest BCUT2D eigenvalue weighted by atomic mass is 35.5. The molecule has 2 aromatic carbocycles. The van der Waals surface area contributed by atoms with Crippen molar-refractivity contribution >= 4 is 12.4 Å². The maximum atomic E-state index is 5.91. The molecule has 0 radical (unpaired) electrons. The number of para-hydroxylation sites is 2. The van der Waals surface area contributed by atoms with Gasteiger partial charge in [-0.1, -0.05) is 12.1 Å². The predicted molar refractivity (Wildman–Crippen MR) is 99.1 cm³/mol. The van der Waals surface area contributed by atoms with Crippen LogP contribution in [0.25, 0.3) is 0 Å². The summed E-state index contributed by atoms with van der Waals surface area (Å²) in [5.41, 5.74) is 0. The van der Waals surface area contributed by atoms with Crippen LogP contribution in [0.5, 0.6) is 28.7 Å². The van der Waals surface area contributed by atoms with Gasteiger partial charge in [-0.3, -0.25) is 0 Å². The standard InChI is InChI=1S/C19H21NO5.ClH/c1-2-5-18-16(4-1)22-12-15(25-18)11-20-8-3-9-21-14-6-7-17-19(10-14)24-13-23-17;/h1-2,4-7,10,15,20H,3,8-9,11-13H2;1H/t15-;/m0./s1. The Morgan fingerprint density at radius 3 is 2.69 bits per heavy atom. The van der Waals surface area contributed by atoms with Gasteiger partial charge in [0.15, 0.2) is 23.0 Å². The second-order valence-corrected chi connectivity index (χ2v) is 5.92. The Morgan fingerprint density at radius 1 is 0.962 bits per heavy atom. The number of benzene rings is 2. The van der Waals surface area contributed by atoms with Gasteiger partial charge < -0.3 is 29.0 Å². The monoisotopic (exact) mass is 379 g/mol. The van der Waals surface area contributed by atoms with E-state index in [1.807, 2.05) is 42.5 Å². The van der Waals surface area contributed by atoms with Crippen molar-refractivity contribution in [2.24, 2.45) is 0 Å². The molecule has 1 atom stereocenters. The Morgan fingerprint density at radius 2 is 1.77 bits per heavy atom. The second-order valence-electron chi connectivity index (χ2n) is 5.92. The van der Waals surface area contributed by atoms with Gasteiger partial charge in [-0.05, 0) is 37.2 Å². The molecule has 0 spiro atoms. The predicted octanol–water partition coefficient (Wildman–Crippen LogP) is 3.04. The first-order valence-electron chi connectivity index (χ1n) is 8.50. The first-order chi connectivity index (χ1) is 12.4. The molecule has 26 heavy (non-hydrogen) atoms. The second kappa shape index (κ2) is 8.87. The van der Waals surface area contributed by atoms with Gasteiger partial charge in [-0.25, -0.2) is 0 Å². The van der Waals surface area contributed by atoms with Crippen LogP contribution in [0.1, 0.15) is 6.42 Å². The molecule has 0 unspecified atom stereocenters. The number of rotatable bonds is 7. The van der Waals surface area contributed by atoms with Crippen molar-refractivity contribution in [2.75, 3.05) is 33.1 Å². The van der Waals surface area contributed by atoms with E-state index < -0.39 is 0 Å². The molecule has 7 heteroatoms. The quantitative estimate of drug-likeness (QED) is 0.746. The van der Waals surface area contributed by atoms with E-state index in [4.69, 9.17) is 23.7 Å². The summed E-state index contributed by atoms with van der Waals surface area (Å²) in [5, 5.41) is 3.38. The van der Waals surface area contributed by atoms with Crippen molar-refractivity contribution in [3.63, 3.8) is 0 Å². The molecule has 0 aliphatic carbocycles. The summed E-state index contributed by atoms with van der Waals surface area (Å²) in [5.74, 6) is 3.93. The number of fused-ring (bicyclic) bond motifs is 2. The first kappa shape index (κ1) is 18.5. The van der Waals surface area contributed by atoms with E-state index in [0.29, 0.717) is 13.2 Å². The molecule has 0 bridgehead atoms. The number of nitrogens with one attached hydrogen (secondary N) is 1. The van der Waals surface area contributed by atoms with Crippen molar-refractivity contribution in [3.05, 3.63) is 42.5 Å². The minimum atomic E-state index is 0. The normalized spacial score (nSPS) is 16.7. The molecule has 4 rings (SSSR count). The van der Waals surface area contributed by atoms with Gasteiger partial charge in [0.2, 0.25) is 6.79 Å². The molecule has 2 aliphatic heterocycles. The van der Waals surface area contributed by atoms with Gasteiger partial charge in [-0.2, -0.15) is 0 Å². The lowest BCUT2D eigenvalue weighted by atomic mass is 10.2. The molecular weight excluding hydrogens is 358 g/mol. The van der Waals surface area contributed by atoms with Gasteiger partial charge >= 0.3 is 0 Å². The zero-order valence-electron chi connectivity index (χ0n) is 14.3. The van der Waals surface area contributed by atoms with Crippen LogP contribution < -0.4 is 29.0 Å². The van der Waals surface area contributed by atoms with E-state index >= 15 is 0 Å². The molecule has 140 valence electrons. The number of hydrogen-bond acceptors (Lipinski definition) is 6. The van der Waals surface area contributed by atoms with Gasteiger partial charge in [0, 0.05) is 12.6 Å². The smallest absolute Gasteiger partial charge is 0.231 e. The molecule has 2 aliphatic rings. The fourth-order valence-corrected chi connectivity index (χ4v) is 2.78. The van der Waals surface area contributed by atoms with Crippen molar-refractivity contribution in [1.82, 2.24) is 5.32 Å². The Hall–Kier alpha value is -2.31. The number of ether oxygens (including phenoxy) is 5. The topological polar surface area (TPSA) is 58.2 Å². The van der Waals surface area contributed by atoms with Crippen LogP contribution in [-0.2, 0) is 0 Å². The third kappa shape index (κ3) is 4.45. The van der Waals surface area contributed by atoms with E-state index in [-0.39, 0.29) is 25.3 Å². The number of halogens is 1. The molecule has 0 aromatic heterocycles. The Kier molecular flexibility index (Phi) is 6.30. The molecule has 2 aromatic rings. The first-order valence-corrected chi connectivity index (χ1v) is 8.50. The maximum absolute atomic E-state index is 5.91. The van der Waals surface area contributed by atoms with Crippen LogP contribution >= 0.6 is 12.4 Å². The number of hydrogen-bond donors (Lipinski definition) is 1. The van der Waals surface area contributed by atoms with Crippen LogP contribution in [-0.4, -0.2) is 39.2 Å². The molecule has 0 saturated carbocycles. The fraction of sp³-hybridized carbons (Fsp3) is 0.368. The minimum Gasteiger partial charge on any atom is -0.493 e. The van der Waals surface area contributed by atoms with E-state index in [9.17, 15) is 0 Å². The van der Waals surface area contributed by atoms with Crippen molar-refractivity contribution in [3.8, 4) is 28.7 Å². The third-order valence-electron chi connectivity index (χ3n) is 4.05. The van der Waals surface area contributed by atoms with E-state index in [2.05, 4.69) is 5.32 Å². The van der Waals surface area contributed by atoms with Crippen molar-refractivity contribution in [2.45, 2.75) is 12.5 Å². The molecule has 6 nitrogen and oxygen atoms in total. The van der Waals surface area contributed by atoms with Crippen LogP contribution in [0.15, 0.2) is 42.5 Å². The van der Waals surface area contributed by atoms with Crippen LogP contribution in [0.4, 0.5) is 0 Å². The van der Waals surface area contributed by atoms with E-state index in [1.165, 1.54) is 0 Å². The minimum absolute atomic E-state index is 0. The molecule has 0 amide bonds. The summed E-state index contributed by atoms with van der Waals surface area (Å²) in [6.07, 6.45) is 0.934. The molecule has 2 heterocycles. The van der Waals surface area contributed by atoms with E-state index in [0.717, 1.165) is 48.3 Å².